The molecule has 1 aliphatic heterocycles. The number of rotatable bonds is 8. The van der Waals surface area contributed by atoms with Crippen LogP contribution >= 0.6 is 0 Å². The van der Waals surface area contributed by atoms with Gasteiger partial charge in [0.15, 0.2) is 11.5 Å². The van der Waals surface area contributed by atoms with Crippen LogP contribution < -0.4 is 15.2 Å². The van der Waals surface area contributed by atoms with Crippen molar-refractivity contribution < 1.29 is 9.47 Å². The van der Waals surface area contributed by atoms with Crippen LogP contribution in [0.1, 0.15) is 72.4 Å². The molecule has 3 aromatic rings. The lowest BCUT2D eigenvalue weighted by Crippen LogP contribution is -2.21. The smallest absolute Gasteiger partial charge is 0.162 e. The van der Waals surface area contributed by atoms with Gasteiger partial charge in [-0.25, -0.2) is 4.99 Å². The Hall–Kier alpha value is -3.93. The van der Waals surface area contributed by atoms with E-state index < -0.39 is 0 Å². The molecule has 0 radical (unpaired) electrons. The van der Waals surface area contributed by atoms with E-state index in [1.54, 1.807) is 7.11 Å². The van der Waals surface area contributed by atoms with Gasteiger partial charge in [-0.05, 0) is 80.0 Å². The molecule has 37 heavy (non-hydrogen) atoms. The van der Waals surface area contributed by atoms with E-state index in [1.807, 2.05) is 49.7 Å². The van der Waals surface area contributed by atoms with Crippen molar-refractivity contribution in [2.45, 2.75) is 58.0 Å². The quantitative estimate of drug-likeness (QED) is 0.365. The molecule has 6 heteroatoms. The molecule has 2 aliphatic rings. The summed E-state index contributed by atoms with van der Waals surface area (Å²) in [4.78, 5) is 14.0. The maximum atomic E-state index is 6.50. The summed E-state index contributed by atoms with van der Waals surface area (Å²) in [6, 6.07) is 10.4. The third-order valence-electron chi connectivity index (χ3n) is 7.34. The molecule has 2 N–H and O–H groups in total. The Kier molecular flexibility index (Phi) is 7.08. The van der Waals surface area contributed by atoms with Gasteiger partial charge in [0.25, 0.3) is 0 Å². The predicted molar refractivity (Wildman–Crippen MR) is 149 cm³/mol. The SMILES string of the molecule is C=C/C(=C\C)c1cnc2c(c1)N=C(N)C2Cc1ccc(OC2CCCc3cc(CC)ncc32)c(OC)c1. The average molecular weight is 495 g/mol. The largest absolute Gasteiger partial charge is 0.493 e. The molecule has 3 heterocycles. The zero-order chi connectivity index (χ0) is 25.9. The molecule has 0 spiro atoms. The van der Waals surface area contributed by atoms with Crippen molar-refractivity contribution in [3.8, 4) is 11.5 Å². The first-order valence-corrected chi connectivity index (χ1v) is 13.0. The predicted octanol–water partition coefficient (Wildman–Crippen LogP) is 6.42. The second kappa shape index (κ2) is 10.6. The van der Waals surface area contributed by atoms with Crippen LogP contribution in [-0.2, 0) is 19.3 Å². The Morgan fingerprint density at radius 2 is 2.03 bits per heavy atom. The maximum absolute atomic E-state index is 6.50. The number of methoxy groups -OCH3 is 1. The first-order chi connectivity index (χ1) is 18.0. The molecule has 0 saturated carbocycles. The van der Waals surface area contributed by atoms with Crippen LogP contribution in [0.15, 0.2) is 66.4 Å². The number of fused-ring (bicyclic) bond motifs is 2. The fourth-order valence-corrected chi connectivity index (χ4v) is 5.28. The lowest BCUT2D eigenvalue weighted by molar-refractivity contribution is 0.175. The lowest BCUT2D eigenvalue weighted by Gasteiger charge is -2.27. The first kappa shape index (κ1) is 24.8. The van der Waals surface area contributed by atoms with Crippen molar-refractivity contribution in [1.82, 2.24) is 9.97 Å². The highest BCUT2D eigenvalue weighted by atomic mass is 16.5. The molecule has 0 saturated heterocycles. The number of hydrogen-bond acceptors (Lipinski definition) is 6. The standard InChI is InChI=1S/C31H34N4O2/c1-5-20(6-2)22-16-26-30(34-17-22)24(31(32)35-26)13-19-11-12-28(29(14-19)36-4)37-27-10-8-9-21-15-23(7-3)33-18-25(21)27/h5-6,11-12,14-18,24,27H,1,7-10,13H2,2-4H3,(H2,32,35)/b20-6+. The highest BCUT2D eigenvalue weighted by molar-refractivity contribution is 5.95. The van der Waals surface area contributed by atoms with Gasteiger partial charge in [-0.15, -0.1) is 0 Å². The molecule has 0 bridgehead atoms. The Bertz CT molecular complexity index is 1390. The Morgan fingerprint density at radius 3 is 2.78 bits per heavy atom. The Labute approximate surface area is 219 Å². The second-order valence-corrected chi connectivity index (χ2v) is 9.58. The number of pyridine rings is 2. The van der Waals surface area contributed by atoms with Crippen molar-refractivity contribution in [3.63, 3.8) is 0 Å². The number of nitrogens with zero attached hydrogens (tertiary/aromatic N) is 3. The summed E-state index contributed by atoms with van der Waals surface area (Å²) in [6.45, 7) is 8.00. The van der Waals surface area contributed by atoms with Gasteiger partial charge in [-0.1, -0.05) is 31.7 Å². The molecule has 5 rings (SSSR count). The van der Waals surface area contributed by atoms with Crippen LogP contribution in [0.2, 0.25) is 0 Å². The molecule has 0 amide bonds. The van der Waals surface area contributed by atoms with Crippen molar-refractivity contribution in [1.29, 1.82) is 0 Å². The van der Waals surface area contributed by atoms with Gasteiger partial charge in [0.05, 0.1) is 24.4 Å². The van der Waals surface area contributed by atoms with Gasteiger partial charge >= 0.3 is 0 Å². The van der Waals surface area contributed by atoms with Crippen LogP contribution in [0.4, 0.5) is 5.69 Å². The Balaban J connectivity index is 1.36. The minimum absolute atomic E-state index is 0.0255. The monoisotopic (exact) mass is 494 g/mol. The summed E-state index contributed by atoms with van der Waals surface area (Å²) in [5, 5.41) is 0. The fraction of sp³-hybridized carbons (Fsp3) is 0.323. The summed E-state index contributed by atoms with van der Waals surface area (Å²) in [5.41, 5.74) is 14.9. The van der Waals surface area contributed by atoms with E-state index in [9.17, 15) is 0 Å². The molecule has 0 fully saturated rings. The van der Waals surface area contributed by atoms with Gasteiger partial charge in [0.1, 0.15) is 11.9 Å². The number of amidine groups is 1. The molecule has 190 valence electrons. The van der Waals surface area contributed by atoms with Crippen LogP contribution in [0.3, 0.4) is 0 Å². The zero-order valence-electron chi connectivity index (χ0n) is 21.8. The van der Waals surface area contributed by atoms with E-state index in [0.29, 0.717) is 18.0 Å². The molecular formula is C31H34N4O2. The molecule has 2 aromatic heterocycles. The summed E-state index contributed by atoms with van der Waals surface area (Å²) in [5.74, 6) is 1.95. The number of aryl methyl sites for hydroxylation is 2. The van der Waals surface area contributed by atoms with Crippen molar-refractivity contribution in [2.24, 2.45) is 10.7 Å². The first-order valence-electron chi connectivity index (χ1n) is 13.0. The summed E-state index contributed by atoms with van der Waals surface area (Å²) in [7, 11) is 1.68. The normalized spacial score (nSPS) is 18.6. The minimum atomic E-state index is -0.0811. The van der Waals surface area contributed by atoms with Crippen LogP contribution in [0.5, 0.6) is 11.5 Å². The number of aromatic nitrogens is 2. The van der Waals surface area contributed by atoms with Gasteiger partial charge < -0.3 is 15.2 Å². The highest BCUT2D eigenvalue weighted by Crippen LogP contribution is 2.40. The molecule has 1 aliphatic carbocycles. The average Bonchev–Trinajstić information content (AvgIpc) is 3.23. The van der Waals surface area contributed by atoms with Gasteiger partial charge in [-0.3, -0.25) is 9.97 Å². The number of aliphatic imine (C=N–C) groups is 1. The van der Waals surface area contributed by atoms with Crippen LogP contribution in [0.25, 0.3) is 5.57 Å². The maximum Gasteiger partial charge on any atom is 0.162 e. The molecular weight excluding hydrogens is 460 g/mol. The number of nitrogens with two attached hydrogens (primary N) is 1. The van der Waals surface area contributed by atoms with Crippen LogP contribution in [0, 0.1) is 0 Å². The number of ether oxygens (including phenoxy) is 2. The highest BCUT2D eigenvalue weighted by Gasteiger charge is 2.29. The second-order valence-electron chi connectivity index (χ2n) is 9.58. The molecule has 1 aromatic carbocycles. The topological polar surface area (TPSA) is 82.6 Å². The van der Waals surface area contributed by atoms with E-state index in [2.05, 4.69) is 35.6 Å². The summed E-state index contributed by atoms with van der Waals surface area (Å²) in [6.07, 6.45) is 12.4. The molecule has 6 nitrogen and oxygen atoms in total. The zero-order valence-corrected chi connectivity index (χ0v) is 21.8. The van der Waals surface area contributed by atoms with Crippen LogP contribution in [-0.4, -0.2) is 22.9 Å². The number of benzene rings is 1. The third kappa shape index (κ3) is 4.88. The summed E-state index contributed by atoms with van der Waals surface area (Å²) >= 11 is 0. The van der Waals surface area contributed by atoms with Crippen molar-refractivity contribution in [3.05, 3.63) is 95.1 Å². The lowest BCUT2D eigenvalue weighted by atomic mass is 9.90. The van der Waals surface area contributed by atoms with Gasteiger partial charge in [-0.2, -0.15) is 0 Å². The summed E-state index contributed by atoms with van der Waals surface area (Å²) < 4.78 is 12.2. The van der Waals surface area contributed by atoms with E-state index in [0.717, 1.165) is 65.2 Å². The molecule has 2 unspecified atom stereocenters. The minimum Gasteiger partial charge on any atom is -0.493 e. The van der Waals surface area contributed by atoms with E-state index >= 15 is 0 Å². The van der Waals surface area contributed by atoms with E-state index in [-0.39, 0.29) is 12.0 Å². The van der Waals surface area contributed by atoms with Crippen molar-refractivity contribution >= 4 is 17.1 Å². The number of hydrogen-bond donors (Lipinski definition) is 1. The molecule has 2 atom stereocenters. The van der Waals surface area contributed by atoms with Gasteiger partial charge in [0, 0.05) is 29.2 Å². The van der Waals surface area contributed by atoms with E-state index in [4.69, 9.17) is 20.2 Å². The van der Waals surface area contributed by atoms with Crippen molar-refractivity contribution in [2.75, 3.05) is 7.11 Å². The van der Waals surface area contributed by atoms with Gasteiger partial charge in [0.2, 0.25) is 0 Å². The van der Waals surface area contributed by atoms with E-state index in [1.165, 1.54) is 11.1 Å². The number of allylic oxidation sites excluding steroid dienone is 3. The third-order valence-corrected chi connectivity index (χ3v) is 7.34. The fourth-order valence-electron chi connectivity index (χ4n) is 5.28. The Morgan fingerprint density at radius 1 is 1.16 bits per heavy atom.